The number of esters is 1. The van der Waals surface area contributed by atoms with E-state index >= 15 is 0 Å². The van der Waals surface area contributed by atoms with E-state index in [0.717, 1.165) is 23.1 Å². The Hall–Kier alpha value is -2.91. The van der Waals surface area contributed by atoms with Gasteiger partial charge in [-0.25, -0.2) is 13.9 Å². The van der Waals surface area contributed by atoms with E-state index in [1.54, 1.807) is 0 Å². The number of aromatic nitrogens is 3. The summed E-state index contributed by atoms with van der Waals surface area (Å²) in [5.74, 6) is -2.04. The molecular formula is C15H12F4N4O2. The smallest absolute Gasteiger partial charge is 0.431 e. The molecule has 1 aromatic carbocycles. The van der Waals surface area contributed by atoms with Crippen LogP contribution >= 0.6 is 0 Å². The highest BCUT2D eigenvalue weighted by Crippen LogP contribution is 2.41. The molecule has 2 aromatic rings. The van der Waals surface area contributed by atoms with Gasteiger partial charge in [0, 0.05) is 0 Å². The molecule has 0 saturated heterocycles. The minimum absolute atomic E-state index is 0.109. The molecule has 0 aliphatic carbocycles. The van der Waals surface area contributed by atoms with Crippen molar-refractivity contribution in [2.45, 2.75) is 19.1 Å². The molecule has 1 aliphatic heterocycles. The molecule has 132 valence electrons. The van der Waals surface area contributed by atoms with Gasteiger partial charge < -0.3 is 10.1 Å². The van der Waals surface area contributed by atoms with Crippen LogP contribution in [0.25, 0.3) is 0 Å². The quantitative estimate of drug-likeness (QED) is 0.677. The predicted molar refractivity (Wildman–Crippen MR) is 77.9 cm³/mol. The summed E-state index contributed by atoms with van der Waals surface area (Å²) in [6.07, 6.45) is -3.83. The zero-order valence-corrected chi connectivity index (χ0v) is 12.8. The predicted octanol–water partition coefficient (Wildman–Crippen LogP) is 2.81. The molecule has 0 radical (unpaired) electrons. The van der Waals surface area contributed by atoms with Crippen molar-refractivity contribution in [1.82, 2.24) is 14.8 Å². The number of carbonyl (C=O) groups excluding carboxylic acids is 1. The number of nitrogens with one attached hydrogen (secondary N) is 1. The second-order valence-electron chi connectivity index (χ2n) is 5.12. The number of rotatable bonds is 3. The van der Waals surface area contributed by atoms with Gasteiger partial charge >= 0.3 is 12.1 Å². The van der Waals surface area contributed by atoms with Crippen molar-refractivity contribution in [2.24, 2.45) is 0 Å². The Morgan fingerprint density at radius 1 is 1.40 bits per heavy atom. The van der Waals surface area contributed by atoms with Gasteiger partial charge in [0.05, 0.1) is 12.2 Å². The van der Waals surface area contributed by atoms with Gasteiger partial charge in [-0.3, -0.25) is 0 Å². The first kappa shape index (κ1) is 16.9. The summed E-state index contributed by atoms with van der Waals surface area (Å²) < 4.78 is 60.0. The zero-order chi connectivity index (χ0) is 18.2. The molecule has 1 atom stereocenters. The number of hydrogen-bond donors (Lipinski definition) is 1. The summed E-state index contributed by atoms with van der Waals surface area (Å²) in [4.78, 5) is 16.0. The van der Waals surface area contributed by atoms with E-state index < -0.39 is 35.3 Å². The standard InChI is InChI=1S/C15H12F4N4O2/c1-2-25-13(24)10-11(8-4-3-5-9(16)6-8)23-14(20-7-21-23)22-12(10)15(17,18)19/h3-7,11H,2H2,1H3,(H,20,21,22). The lowest BCUT2D eigenvalue weighted by molar-refractivity contribution is -0.140. The first-order valence-corrected chi connectivity index (χ1v) is 7.23. The highest BCUT2D eigenvalue weighted by Gasteiger charge is 2.46. The van der Waals surface area contributed by atoms with Crippen molar-refractivity contribution in [1.29, 1.82) is 0 Å². The number of anilines is 1. The number of alkyl halides is 3. The monoisotopic (exact) mass is 356 g/mol. The van der Waals surface area contributed by atoms with Gasteiger partial charge in [-0.15, -0.1) is 0 Å². The van der Waals surface area contributed by atoms with Crippen molar-refractivity contribution in [3.63, 3.8) is 0 Å². The molecule has 1 aliphatic rings. The largest absolute Gasteiger partial charge is 0.463 e. The molecular weight excluding hydrogens is 344 g/mol. The maximum atomic E-state index is 13.6. The van der Waals surface area contributed by atoms with E-state index in [1.165, 1.54) is 19.1 Å². The fourth-order valence-electron chi connectivity index (χ4n) is 2.60. The molecule has 6 nitrogen and oxygen atoms in total. The molecule has 2 heterocycles. The molecule has 25 heavy (non-hydrogen) atoms. The summed E-state index contributed by atoms with van der Waals surface area (Å²) in [5.41, 5.74) is -1.91. The van der Waals surface area contributed by atoms with Gasteiger partial charge in [0.25, 0.3) is 0 Å². The van der Waals surface area contributed by atoms with Crippen LogP contribution in [0, 0.1) is 5.82 Å². The Kier molecular flexibility index (Phi) is 4.19. The third kappa shape index (κ3) is 3.06. The maximum Gasteiger partial charge on any atom is 0.431 e. The Labute approximate surface area is 139 Å². The fourth-order valence-corrected chi connectivity index (χ4v) is 2.60. The molecule has 1 unspecified atom stereocenters. The summed E-state index contributed by atoms with van der Waals surface area (Å²) in [5, 5.41) is 5.93. The Morgan fingerprint density at radius 2 is 2.16 bits per heavy atom. The van der Waals surface area contributed by atoms with E-state index in [0.29, 0.717) is 0 Å². The third-order valence-corrected chi connectivity index (χ3v) is 3.54. The van der Waals surface area contributed by atoms with Crippen LogP contribution in [-0.2, 0) is 9.53 Å². The van der Waals surface area contributed by atoms with E-state index in [1.807, 2.05) is 0 Å². The lowest BCUT2D eigenvalue weighted by Gasteiger charge is -2.30. The summed E-state index contributed by atoms with van der Waals surface area (Å²) in [6.45, 7) is 1.35. The Balaban J connectivity index is 2.26. The average Bonchev–Trinajstić information content (AvgIpc) is 3.00. The van der Waals surface area contributed by atoms with Crippen LogP contribution in [0.5, 0.6) is 0 Å². The van der Waals surface area contributed by atoms with Crippen LogP contribution in [-0.4, -0.2) is 33.5 Å². The number of hydrogen-bond acceptors (Lipinski definition) is 5. The van der Waals surface area contributed by atoms with Gasteiger partial charge in [0.15, 0.2) is 0 Å². The maximum absolute atomic E-state index is 13.6. The van der Waals surface area contributed by atoms with Crippen LogP contribution in [0.15, 0.2) is 41.9 Å². The second kappa shape index (κ2) is 6.19. The summed E-state index contributed by atoms with van der Waals surface area (Å²) in [6, 6.07) is 3.59. The first-order valence-electron chi connectivity index (χ1n) is 7.23. The Morgan fingerprint density at radius 3 is 2.80 bits per heavy atom. The van der Waals surface area contributed by atoms with Crippen molar-refractivity contribution in [3.05, 3.63) is 53.2 Å². The molecule has 0 bridgehead atoms. The number of nitrogens with zero attached hydrogens (tertiary/aromatic N) is 3. The molecule has 3 rings (SSSR count). The molecule has 0 amide bonds. The molecule has 10 heteroatoms. The van der Waals surface area contributed by atoms with Crippen molar-refractivity contribution in [3.8, 4) is 0 Å². The highest BCUT2D eigenvalue weighted by molar-refractivity contribution is 5.92. The van der Waals surface area contributed by atoms with Gasteiger partial charge in [-0.2, -0.15) is 23.3 Å². The third-order valence-electron chi connectivity index (χ3n) is 3.54. The SMILES string of the molecule is CCOC(=O)C1=C(C(F)(F)F)Nc2ncnn2C1c1cccc(F)c1. The number of carbonyl (C=O) groups is 1. The van der Waals surface area contributed by atoms with Crippen molar-refractivity contribution >= 4 is 11.9 Å². The minimum Gasteiger partial charge on any atom is -0.463 e. The topological polar surface area (TPSA) is 69.0 Å². The van der Waals surface area contributed by atoms with Crippen LogP contribution < -0.4 is 5.32 Å². The fraction of sp³-hybridized carbons (Fsp3) is 0.267. The molecule has 0 saturated carbocycles. The van der Waals surface area contributed by atoms with Crippen LogP contribution in [0.2, 0.25) is 0 Å². The van der Waals surface area contributed by atoms with Gasteiger partial charge in [-0.1, -0.05) is 12.1 Å². The minimum atomic E-state index is -4.87. The first-order chi connectivity index (χ1) is 11.8. The average molecular weight is 356 g/mol. The normalized spacial score (nSPS) is 17.1. The number of halogens is 4. The van der Waals surface area contributed by atoms with Gasteiger partial charge in [-0.05, 0) is 24.6 Å². The van der Waals surface area contributed by atoms with Crippen LogP contribution in [0.4, 0.5) is 23.5 Å². The number of benzene rings is 1. The van der Waals surface area contributed by atoms with Crippen molar-refractivity contribution in [2.75, 3.05) is 11.9 Å². The summed E-state index contributed by atoms with van der Waals surface area (Å²) >= 11 is 0. The molecule has 0 fully saturated rings. The lowest BCUT2D eigenvalue weighted by atomic mass is 9.95. The molecule has 1 aromatic heterocycles. The highest BCUT2D eigenvalue weighted by atomic mass is 19.4. The van der Waals surface area contributed by atoms with Crippen LogP contribution in [0.3, 0.4) is 0 Å². The van der Waals surface area contributed by atoms with E-state index in [4.69, 9.17) is 4.74 Å². The number of fused-ring (bicyclic) bond motifs is 1. The van der Waals surface area contributed by atoms with Gasteiger partial charge in [0.2, 0.25) is 5.95 Å². The number of allylic oxidation sites excluding steroid dienone is 1. The van der Waals surface area contributed by atoms with Crippen LogP contribution in [0.1, 0.15) is 18.5 Å². The van der Waals surface area contributed by atoms with E-state index in [2.05, 4.69) is 15.4 Å². The van der Waals surface area contributed by atoms with E-state index in [9.17, 15) is 22.4 Å². The molecule has 0 spiro atoms. The van der Waals surface area contributed by atoms with Gasteiger partial charge in [0.1, 0.15) is 23.9 Å². The summed E-state index contributed by atoms with van der Waals surface area (Å²) in [7, 11) is 0. The Bertz CT molecular complexity index is 844. The molecule has 1 N–H and O–H groups in total. The van der Waals surface area contributed by atoms with E-state index in [-0.39, 0.29) is 18.1 Å². The zero-order valence-electron chi connectivity index (χ0n) is 12.8. The lowest BCUT2D eigenvalue weighted by Crippen LogP contribution is -2.35. The number of ether oxygens (including phenoxy) is 1. The van der Waals surface area contributed by atoms with Crippen molar-refractivity contribution < 1.29 is 27.1 Å². The second-order valence-corrected chi connectivity index (χ2v) is 5.12.